The smallest absolute Gasteiger partial charge is 0.323 e. The Labute approximate surface area is 92.6 Å². The van der Waals surface area contributed by atoms with Crippen molar-refractivity contribution in [3.63, 3.8) is 0 Å². The number of H-pyrrole nitrogens is 1. The maximum Gasteiger partial charge on any atom is 0.323 e. The first-order valence-corrected chi connectivity index (χ1v) is 4.68. The number of carbonyl (C=O) groups is 2. The van der Waals surface area contributed by atoms with Gasteiger partial charge in [-0.1, -0.05) is 6.08 Å². The second-order valence-corrected chi connectivity index (χ2v) is 3.28. The van der Waals surface area contributed by atoms with Crippen molar-refractivity contribution in [3.8, 4) is 0 Å². The predicted molar refractivity (Wildman–Crippen MR) is 57.1 cm³/mol. The van der Waals surface area contributed by atoms with Gasteiger partial charge in [0.2, 0.25) is 0 Å². The minimum absolute atomic E-state index is 0.190. The fraction of sp³-hybridized carbons (Fsp3) is 0.300. The fourth-order valence-corrected chi connectivity index (χ4v) is 1.28. The molecule has 0 saturated heterocycles. The van der Waals surface area contributed by atoms with Crippen LogP contribution in [-0.2, 0) is 4.79 Å². The summed E-state index contributed by atoms with van der Waals surface area (Å²) in [5.41, 5.74) is 0.993. The highest BCUT2D eigenvalue weighted by molar-refractivity contribution is 5.96. The monoisotopic (exact) mass is 223 g/mol. The lowest BCUT2D eigenvalue weighted by Gasteiger charge is -2.18. The van der Waals surface area contributed by atoms with E-state index in [-0.39, 0.29) is 19.0 Å². The highest BCUT2D eigenvalue weighted by atomic mass is 16.4. The number of hydrogen-bond donors (Lipinski definition) is 2. The third kappa shape index (κ3) is 2.69. The number of hydrogen-bond acceptors (Lipinski definition) is 3. The maximum atomic E-state index is 11.9. The molecule has 0 aliphatic rings. The van der Waals surface area contributed by atoms with Crippen molar-refractivity contribution >= 4 is 11.9 Å². The number of aromatic amines is 1. The van der Waals surface area contributed by atoms with Crippen LogP contribution in [0, 0.1) is 6.92 Å². The van der Waals surface area contributed by atoms with Gasteiger partial charge < -0.3 is 10.0 Å². The van der Waals surface area contributed by atoms with E-state index in [4.69, 9.17) is 5.11 Å². The quantitative estimate of drug-likeness (QED) is 0.709. The molecule has 2 N–H and O–H groups in total. The summed E-state index contributed by atoms with van der Waals surface area (Å²) in [7, 11) is 0. The molecule has 0 bridgehead atoms. The number of aliphatic carboxylic acids is 1. The van der Waals surface area contributed by atoms with Crippen molar-refractivity contribution in [3.05, 3.63) is 30.1 Å². The molecule has 0 atom stereocenters. The summed E-state index contributed by atoms with van der Waals surface area (Å²) in [6.07, 6.45) is 2.87. The summed E-state index contributed by atoms with van der Waals surface area (Å²) in [6.45, 7) is 5.02. The number of nitrogens with one attached hydrogen (secondary N) is 1. The Morgan fingerprint density at radius 1 is 1.69 bits per heavy atom. The Morgan fingerprint density at radius 2 is 2.38 bits per heavy atom. The van der Waals surface area contributed by atoms with Crippen LogP contribution in [0.4, 0.5) is 0 Å². The van der Waals surface area contributed by atoms with Crippen molar-refractivity contribution in [2.75, 3.05) is 13.1 Å². The van der Waals surface area contributed by atoms with Gasteiger partial charge >= 0.3 is 5.97 Å². The molecule has 0 spiro atoms. The zero-order valence-electron chi connectivity index (χ0n) is 8.93. The van der Waals surface area contributed by atoms with Gasteiger partial charge in [-0.15, -0.1) is 6.58 Å². The first kappa shape index (κ1) is 12.0. The second kappa shape index (κ2) is 5.11. The van der Waals surface area contributed by atoms with Crippen LogP contribution in [0.2, 0.25) is 0 Å². The number of amides is 1. The minimum atomic E-state index is -1.06. The lowest BCUT2D eigenvalue weighted by molar-refractivity contribution is -0.137. The highest BCUT2D eigenvalue weighted by Crippen LogP contribution is 2.07. The molecule has 1 aromatic rings. The summed E-state index contributed by atoms with van der Waals surface area (Å²) in [4.78, 5) is 23.7. The minimum Gasteiger partial charge on any atom is -0.480 e. The molecule has 0 fully saturated rings. The molecular formula is C10H13N3O3. The highest BCUT2D eigenvalue weighted by Gasteiger charge is 2.19. The molecule has 1 heterocycles. The van der Waals surface area contributed by atoms with E-state index in [0.29, 0.717) is 11.3 Å². The molecular weight excluding hydrogens is 210 g/mol. The molecule has 1 amide bonds. The number of aromatic nitrogens is 2. The van der Waals surface area contributed by atoms with Gasteiger partial charge in [0, 0.05) is 12.2 Å². The van der Waals surface area contributed by atoms with E-state index in [1.165, 1.54) is 17.2 Å². The SMILES string of the molecule is C=CCN(CC(=O)O)C(=O)c1cn[nH]c1C. The van der Waals surface area contributed by atoms with Crippen molar-refractivity contribution in [2.45, 2.75) is 6.92 Å². The Balaban J connectivity index is 2.86. The largest absolute Gasteiger partial charge is 0.480 e. The van der Waals surface area contributed by atoms with Crippen molar-refractivity contribution in [2.24, 2.45) is 0 Å². The van der Waals surface area contributed by atoms with Gasteiger partial charge in [0.15, 0.2) is 0 Å². The number of carboxylic acids is 1. The standard InChI is InChI=1S/C10H13N3O3/c1-3-4-13(6-9(14)15)10(16)8-5-11-12-7(8)2/h3,5H,1,4,6H2,2H3,(H,11,12)(H,14,15). The first-order valence-electron chi connectivity index (χ1n) is 4.68. The summed E-state index contributed by atoms with van der Waals surface area (Å²) in [5.74, 6) is -1.43. The molecule has 0 aliphatic carbocycles. The molecule has 6 heteroatoms. The zero-order valence-corrected chi connectivity index (χ0v) is 8.93. The van der Waals surface area contributed by atoms with Crippen molar-refractivity contribution < 1.29 is 14.7 Å². The second-order valence-electron chi connectivity index (χ2n) is 3.28. The number of carbonyl (C=O) groups excluding carboxylic acids is 1. The van der Waals surface area contributed by atoms with Crippen LogP contribution in [-0.4, -0.2) is 45.2 Å². The lowest BCUT2D eigenvalue weighted by atomic mass is 10.2. The van der Waals surface area contributed by atoms with E-state index in [9.17, 15) is 9.59 Å². The summed E-state index contributed by atoms with van der Waals surface area (Å²) in [5, 5.41) is 15.0. The molecule has 1 rings (SSSR count). The molecule has 6 nitrogen and oxygen atoms in total. The van der Waals surface area contributed by atoms with E-state index < -0.39 is 5.97 Å². The van der Waals surface area contributed by atoms with Gasteiger partial charge in [0.25, 0.3) is 5.91 Å². The Hall–Kier alpha value is -2.11. The molecule has 0 radical (unpaired) electrons. The van der Waals surface area contributed by atoms with Gasteiger partial charge in [-0.05, 0) is 6.92 Å². The Bertz CT molecular complexity index is 411. The molecule has 86 valence electrons. The van der Waals surface area contributed by atoms with E-state index >= 15 is 0 Å². The van der Waals surface area contributed by atoms with Crippen LogP contribution < -0.4 is 0 Å². The van der Waals surface area contributed by atoms with Crippen molar-refractivity contribution in [1.29, 1.82) is 0 Å². The zero-order chi connectivity index (χ0) is 12.1. The topological polar surface area (TPSA) is 86.3 Å². The van der Waals surface area contributed by atoms with Gasteiger partial charge in [-0.2, -0.15) is 5.10 Å². The summed E-state index contributed by atoms with van der Waals surface area (Å²) in [6, 6.07) is 0. The summed E-state index contributed by atoms with van der Waals surface area (Å²) < 4.78 is 0. The van der Waals surface area contributed by atoms with Crippen LogP contribution in [0.1, 0.15) is 16.1 Å². The molecule has 0 unspecified atom stereocenters. The van der Waals surface area contributed by atoms with Crippen LogP contribution in [0.5, 0.6) is 0 Å². The van der Waals surface area contributed by atoms with Crippen LogP contribution in [0.15, 0.2) is 18.9 Å². The fourth-order valence-electron chi connectivity index (χ4n) is 1.28. The van der Waals surface area contributed by atoms with E-state index in [2.05, 4.69) is 16.8 Å². The number of rotatable bonds is 5. The van der Waals surface area contributed by atoms with Gasteiger partial charge in [-0.3, -0.25) is 14.7 Å². The number of nitrogens with zero attached hydrogens (tertiary/aromatic N) is 2. The number of carboxylic acid groups (broad SMARTS) is 1. The van der Waals surface area contributed by atoms with Gasteiger partial charge in [0.1, 0.15) is 6.54 Å². The maximum absolute atomic E-state index is 11.9. The van der Waals surface area contributed by atoms with Gasteiger partial charge in [-0.25, -0.2) is 0 Å². The first-order chi connectivity index (χ1) is 7.56. The van der Waals surface area contributed by atoms with Crippen LogP contribution >= 0.6 is 0 Å². The Morgan fingerprint density at radius 3 is 2.81 bits per heavy atom. The molecule has 0 aliphatic heterocycles. The third-order valence-corrected chi connectivity index (χ3v) is 2.02. The van der Waals surface area contributed by atoms with E-state index in [0.717, 1.165) is 0 Å². The molecule has 0 aromatic carbocycles. The Kier molecular flexibility index (Phi) is 3.82. The van der Waals surface area contributed by atoms with E-state index in [1.54, 1.807) is 6.92 Å². The summed E-state index contributed by atoms with van der Waals surface area (Å²) >= 11 is 0. The van der Waals surface area contributed by atoms with Crippen molar-refractivity contribution in [1.82, 2.24) is 15.1 Å². The normalized spacial score (nSPS) is 9.81. The molecule has 0 saturated carbocycles. The average molecular weight is 223 g/mol. The lowest BCUT2D eigenvalue weighted by Crippen LogP contribution is -2.35. The van der Waals surface area contributed by atoms with Crippen LogP contribution in [0.25, 0.3) is 0 Å². The molecule has 16 heavy (non-hydrogen) atoms. The predicted octanol–water partition coefficient (Wildman–Crippen LogP) is 0.431. The van der Waals surface area contributed by atoms with Crippen LogP contribution in [0.3, 0.4) is 0 Å². The number of aryl methyl sites for hydroxylation is 1. The average Bonchev–Trinajstić information content (AvgIpc) is 2.62. The molecule has 1 aromatic heterocycles. The third-order valence-electron chi connectivity index (χ3n) is 2.02. The van der Waals surface area contributed by atoms with Gasteiger partial charge in [0.05, 0.1) is 11.8 Å². The van der Waals surface area contributed by atoms with E-state index in [1.807, 2.05) is 0 Å².